The molecule has 0 atom stereocenters. The van der Waals surface area contributed by atoms with Gasteiger partial charge in [0.2, 0.25) is 0 Å². The first-order chi connectivity index (χ1) is 15.0. The molecule has 1 fully saturated rings. The van der Waals surface area contributed by atoms with E-state index >= 15 is 0 Å². The Morgan fingerprint density at radius 1 is 1.13 bits per heavy atom. The summed E-state index contributed by atoms with van der Waals surface area (Å²) in [6.07, 6.45) is 0. The van der Waals surface area contributed by atoms with E-state index in [9.17, 15) is 14.5 Å². The van der Waals surface area contributed by atoms with E-state index in [1.165, 1.54) is 0 Å². The third-order valence-electron chi connectivity index (χ3n) is 5.82. The van der Waals surface area contributed by atoms with Crippen LogP contribution in [-0.2, 0) is 10.8 Å². The molecule has 0 amide bonds. The van der Waals surface area contributed by atoms with E-state index in [0.29, 0.717) is 54.8 Å². The van der Waals surface area contributed by atoms with Crippen LogP contribution in [0.2, 0.25) is 0 Å². The number of nitrogens with zero attached hydrogens (tertiary/aromatic N) is 2. The van der Waals surface area contributed by atoms with Crippen LogP contribution in [0.1, 0.15) is 0 Å². The summed E-state index contributed by atoms with van der Waals surface area (Å²) in [5, 5.41) is 24.9. The lowest BCUT2D eigenvalue weighted by Gasteiger charge is -2.44. The van der Waals surface area contributed by atoms with Gasteiger partial charge < -0.3 is 24.7 Å². The molecule has 2 N–H and O–H groups in total. The minimum absolute atomic E-state index is 0.101. The summed E-state index contributed by atoms with van der Waals surface area (Å²) in [6.45, 7) is 1.45. The number of rotatable bonds is 5. The molecule has 0 saturated carbocycles. The van der Waals surface area contributed by atoms with Gasteiger partial charge in [0.15, 0.2) is 5.88 Å². The zero-order valence-corrected chi connectivity index (χ0v) is 17.7. The molecule has 0 bridgehead atoms. The SMILES string of the molecule is O=S1CC[N+]([O-])(CCOc2ccc3nc(-c4c(O)[nH]c5ccccc45)ccc3c2)CC1. The van der Waals surface area contributed by atoms with E-state index in [-0.39, 0.29) is 10.5 Å². The van der Waals surface area contributed by atoms with Crippen molar-refractivity contribution in [2.45, 2.75) is 0 Å². The van der Waals surface area contributed by atoms with Gasteiger partial charge in [-0.1, -0.05) is 24.3 Å². The molecule has 7 nitrogen and oxygen atoms in total. The summed E-state index contributed by atoms with van der Waals surface area (Å²) in [4.78, 5) is 7.71. The van der Waals surface area contributed by atoms with Crippen LogP contribution in [0.15, 0.2) is 54.6 Å². The van der Waals surface area contributed by atoms with Crippen LogP contribution >= 0.6 is 0 Å². The number of aromatic amines is 1. The highest BCUT2D eigenvalue weighted by molar-refractivity contribution is 7.85. The molecule has 2 aromatic heterocycles. The number of ether oxygens (including phenoxy) is 1. The lowest BCUT2D eigenvalue weighted by Crippen LogP contribution is -2.53. The zero-order valence-electron chi connectivity index (χ0n) is 16.9. The molecule has 0 aliphatic carbocycles. The standard InChI is InChI=1S/C23H23N3O4S/c27-23-22(18-3-1-2-4-20(18)25-23)21-7-5-16-15-17(6-8-19(16)24-21)30-12-9-26(28)10-13-31(29)14-11-26/h1-8,15,25,27H,9-14H2. The molecular weight excluding hydrogens is 414 g/mol. The molecule has 0 radical (unpaired) electrons. The number of quaternary nitrogens is 1. The van der Waals surface area contributed by atoms with Crippen LogP contribution in [0.3, 0.4) is 0 Å². The second kappa shape index (κ2) is 7.96. The highest BCUT2D eigenvalue weighted by Gasteiger charge is 2.24. The molecule has 1 saturated heterocycles. The van der Waals surface area contributed by atoms with Gasteiger partial charge in [0.25, 0.3) is 0 Å². The first-order valence-electron chi connectivity index (χ1n) is 10.3. The van der Waals surface area contributed by atoms with Gasteiger partial charge in [0, 0.05) is 27.1 Å². The second-order valence-electron chi connectivity index (χ2n) is 7.87. The summed E-state index contributed by atoms with van der Waals surface area (Å²) < 4.78 is 17.0. The summed E-state index contributed by atoms with van der Waals surface area (Å²) in [5.74, 6) is 1.73. The first kappa shape index (κ1) is 20.0. The molecule has 2 aromatic carbocycles. The summed E-state index contributed by atoms with van der Waals surface area (Å²) in [6, 6.07) is 17.2. The topological polar surface area (TPSA) is 98.3 Å². The van der Waals surface area contributed by atoms with Crippen molar-refractivity contribution < 1.29 is 18.7 Å². The van der Waals surface area contributed by atoms with E-state index in [1.807, 2.05) is 54.6 Å². The van der Waals surface area contributed by atoms with Crippen molar-refractivity contribution in [3.63, 3.8) is 0 Å². The van der Waals surface area contributed by atoms with Gasteiger partial charge in [-0.2, -0.15) is 0 Å². The van der Waals surface area contributed by atoms with Crippen molar-refractivity contribution in [1.29, 1.82) is 0 Å². The summed E-state index contributed by atoms with van der Waals surface area (Å²) >= 11 is 0. The minimum Gasteiger partial charge on any atom is -0.633 e. The molecule has 160 valence electrons. The fourth-order valence-electron chi connectivity index (χ4n) is 4.02. The number of nitrogens with one attached hydrogen (secondary N) is 1. The van der Waals surface area contributed by atoms with Crippen LogP contribution < -0.4 is 4.74 Å². The predicted octanol–water partition coefficient (Wildman–Crippen LogP) is 3.54. The minimum atomic E-state index is -0.848. The number of H-pyrrole nitrogens is 1. The smallest absolute Gasteiger partial charge is 0.199 e. The quantitative estimate of drug-likeness (QED) is 0.368. The van der Waals surface area contributed by atoms with Crippen LogP contribution in [-0.4, -0.2) is 61.7 Å². The van der Waals surface area contributed by atoms with Gasteiger partial charge >= 0.3 is 0 Å². The highest BCUT2D eigenvalue weighted by atomic mass is 32.2. The zero-order chi connectivity index (χ0) is 21.4. The molecule has 0 spiro atoms. The second-order valence-corrected chi connectivity index (χ2v) is 9.57. The van der Waals surface area contributed by atoms with E-state index in [2.05, 4.69) is 4.98 Å². The van der Waals surface area contributed by atoms with E-state index in [1.54, 1.807) is 0 Å². The predicted molar refractivity (Wildman–Crippen MR) is 122 cm³/mol. The largest absolute Gasteiger partial charge is 0.633 e. The van der Waals surface area contributed by atoms with Gasteiger partial charge in [0.1, 0.15) is 18.9 Å². The number of hydrogen-bond acceptors (Lipinski definition) is 5. The highest BCUT2D eigenvalue weighted by Crippen LogP contribution is 2.36. The number of hydroxylamine groups is 3. The number of aromatic nitrogens is 2. The maximum absolute atomic E-state index is 12.6. The maximum atomic E-state index is 12.6. The maximum Gasteiger partial charge on any atom is 0.199 e. The summed E-state index contributed by atoms with van der Waals surface area (Å²) in [7, 11) is -0.848. The Balaban J connectivity index is 1.33. The Hall–Kier alpha value is -2.94. The van der Waals surface area contributed by atoms with Gasteiger partial charge in [-0.25, -0.2) is 4.98 Å². The van der Waals surface area contributed by atoms with Crippen LogP contribution in [0.5, 0.6) is 11.6 Å². The molecule has 1 aliphatic heterocycles. The number of pyridine rings is 1. The molecule has 31 heavy (non-hydrogen) atoms. The molecule has 3 heterocycles. The molecule has 0 unspecified atom stereocenters. The Labute approximate surface area is 181 Å². The summed E-state index contributed by atoms with van der Waals surface area (Å²) in [5.41, 5.74) is 3.03. The molecule has 8 heteroatoms. The van der Waals surface area contributed by atoms with Crippen molar-refractivity contribution in [3.8, 4) is 22.9 Å². The van der Waals surface area contributed by atoms with Crippen LogP contribution in [0.4, 0.5) is 0 Å². The van der Waals surface area contributed by atoms with Crippen molar-refractivity contribution in [3.05, 3.63) is 59.8 Å². The fraction of sp³-hybridized carbons (Fsp3) is 0.261. The Bertz CT molecular complexity index is 1280. The molecular formula is C23H23N3O4S. The van der Waals surface area contributed by atoms with Gasteiger partial charge in [-0.3, -0.25) is 4.21 Å². The Morgan fingerprint density at radius 3 is 2.77 bits per heavy atom. The molecule has 4 aromatic rings. The average molecular weight is 438 g/mol. The van der Waals surface area contributed by atoms with E-state index in [4.69, 9.17) is 9.72 Å². The molecule has 1 aliphatic rings. The van der Waals surface area contributed by atoms with Crippen molar-refractivity contribution in [2.75, 3.05) is 37.7 Å². The third kappa shape index (κ3) is 4.01. The van der Waals surface area contributed by atoms with Gasteiger partial charge in [-0.05, 0) is 30.3 Å². The van der Waals surface area contributed by atoms with E-state index < -0.39 is 10.8 Å². The number of hydrogen-bond donors (Lipinski definition) is 2. The van der Waals surface area contributed by atoms with Crippen molar-refractivity contribution in [1.82, 2.24) is 9.97 Å². The third-order valence-corrected chi connectivity index (χ3v) is 7.10. The monoisotopic (exact) mass is 437 g/mol. The van der Waals surface area contributed by atoms with Gasteiger partial charge in [-0.15, -0.1) is 0 Å². The number of benzene rings is 2. The number of aromatic hydroxyl groups is 1. The number of para-hydroxylation sites is 1. The molecule has 5 rings (SSSR count). The lowest BCUT2D eigenvalue weighted by molar-refractivity contribution is -0.877. The fourth-order valence-corrected chi connectivity index (χ4v) is 5.30. The Kier molecular flexibility index (Phi) is 5.13. The normalized spacial score (nSPS) is 21.5. The Morgan fingerprint density at radius 2 is 1.94 bits per heavy atom. The van der Waals surface area contributed by atoms with Gasteiger partial charge in [0.05, 0.1) is 41.4 Å². The van der Waals surface area contributed by atoms with Crippen LogP contribution in [0, 0.1) is 5.21 Å². The van der Waals surface area contributed by atoms with Crippen molar-refractivity contribution in [2.24, 2.45) is 0 Å². The lowest BCUT2D eigenvalue weighted by atomic mass is 10.1. The average Bonchev–Trinajstić information content (AvgIpc) is 3.11. The van der Waals surface area contributed by atoms with E-state index in [0.717, 1.165) is 21.8 Å². The van der Waals surface area contributed by atoms with Crippen molar-refractivity contribution >= 4 is 32.6 Å². The first-order valence-corrected chi connectivity index (χ1v) is 11.8. The number of fused-ring (bicyclic) bond motifs is 2. The van der Waals surface area contributed by atoms with Crippen LogP contribution in [0.25, 0.3) is 33.1 Å².